The number of carbonyl (C=O) groups is 1. The molecule has 3 aromatic rings. The number of rotatable bonds is 4. The van der Waals surface area contributed by atoms with Crippen LogP contribution < -0.4 is 4.72 Å². The van der Waals surface area contributed by atoms with Crippen LogP contribution in [0.4, 0.5) is 0 Å². The molecule has 0 fully saturated rings. The lowest BCUT2D eigenvalue weighted by molar-refractivity contribution is -0.118. The Morgan fingerprint density at radius 2 is 1.77 bits per heavy atom. The van der Waals surface area contributed by atoms with Crippen LogP contribution in [0.2, 0.25) is 0 Å². The highest BCUT2D eigenvalue weighted by Gasteiger charge is 2.18. The van der Waals surface area contributed by atoms with E-state index < -0.39 is 15.9 Å². The zero-order valence-electron chi connectivity index (χ0n) is 11.5. The van der Waals surface area contributed by atoms with Gasteiger partial charge < -0.3 is 0 Å². The van der Waals surface area contributed by atoms with Crippen LogP contribution in [-0.4, -0.2) is 14.3 Å². The molecule has 0 atom stereocenters. The maximum Gasteiger partial charge on any atom is 0.273 e. The van der Waals surface area contributed by atoms with Gasteiger partial charge in [0.05, 0.1) is 6.42 Å². The number of hydrogen-bond acceptors (Lipinski definition) is 4. The Hall–Kier alpha value is -2.18. The normalized spacial score (nSPS) is 11.5. The summed E-state index contributed by atoms with van der Waals surface area (Å²) in [4.78, 5) is 12.0. The molecule has 3 rings (SSSR count). The fraction of sp³-hybridized carbons (Fsp3) is 0.0625. The van der Waals surface area contributed by atoms with Crippen molar-refractivity contribution in [1.29, 1.82) is 0 Å². The number of carbonyl (C=O) groups excluding carboxylic acids is 1. The summed E-state index contributed by atoms with van der Waals surface area (Å²) in [5, 5.41) is 3.76. The monoisotopic (exact) mass is 331 g/mol. The summed E-state index contributed by atoms with van der Waals surface area (Å²) in [5.41, 5.74) is 0.776. The molecular weight excluding hydrogens is 318 g/mol. The number of benzene rings is 2. The smallest absolute Gasteiger partial charge is 0.273 e. The van der Waals surface area contributed by atoms with E-state index in [1.807, 2.05) is 42.5 Å². The van der Waals surface area contributed by atoms with E-state index in [-0.39, 0.29) is 10.6 Å². The Labute approximate surface area is 132 Å². The van der Waals surface area contributed by atoms with Gasteiger partial charge >= 0.3 is 0 Å². The van der Waals surface area contributed by atoms with Crippen LogP contribution in [0.15, 0.2) is 64.2 Å². The van der Waals surface area contributed by atoms with Crippen molar-refractivity contribution in [2.45, 2.75) is 10.6 Å². The van der Waals surface area contributed by atoms with E-state index in [2.05, 4.69) is 4.72 Å². The number of hydrogen-bond donors (Lipinski definition) is 1. The lowest BCUT2D eigenvalue weighted by Gasteiger charge is -2.06. The molecule has 0 spiro atoms. The molecule has 0 aliphatic carbocycles. The molecule has 1 aromatic heterocycles. The van der Waals surface area contributed by atoms with Crippen molar-refractivity contribution in [3.05, 3.63) is 65.5 Å². The molecule has 0 saturated carbocycles. The fourth-order valence-electron chi connectivity index (χ4n) is 2.19. The standard InChI is InChI=1S/C16H13NO3S2/c18-15(17-22(19,20)16-6-3-9-21-16)11-12-7-8-13-4-1-2-5-14(13)10-12/h1-10H,11H2,(H,17,18). The molecule has 0 saturated heterocycles. The molecule has 6 heteroatoms. The molecule has 2 aromatic carbocycles. The van der Waals surface area contributed by atoms with E-state index in [1.165, 1.54) is 6.07 Å². The predicted molar refractivity (Wildman–Crippen MR) is 87.3 cm³/mol. The van der Waals surface area contributed by atoms with E-state index >= 15 is 0 Å². The van der Waals surface area contributed by atoms with Gasteiger partial charge in [-0.3, -0.25) is 4.79 Å². The SMILES string of the molecule is O=C(Cc1ccc2ccccc2c1)NS(=O)(=O)c1cccs1. The lowest BCUT2D eigenvalue weighted by atomic mass is 10.1. The molecule has 22 heavy (non-hydrogen) atoms. The molecule has 0 unspecified atom stereocenters. The summed E-state index contributed by atoms with van der Waals surface area (Å²) in [5.74, 6) is -0.538. The van der Waals surface area contributed by atoms with Crippen molar-refractivity contribution in [2.24, 2.45) is 0 Å². The van der Waals surface area contributed by atoms with Gasteiger partial charge in [0, 0.05) is 0 Å². The first-order chi connectivity index (χ1) is 10.5. The first-order valence-corrected chi connectivity index (χ1v) is 8.98. The van der Waals surface area contributed by atoms with Crippen molar-refractivity contribution in [2.75, 3.05) is 0 Å². The van der Waals surface area contributed by atoms with E-state index in [0.29, 0.717) is 0 Å². The summed E-state index contributed by atoms with van der Waals surface area (Å²) >= 11 is 1.08. The Morgan fingerprint density at radius 3 is 2.50 bits per heavy atom. The molecule has 1 heterocycles. The predicted octanol–water partition coefficient (Wildman–Crippen LogP) is 2.95. The van der Waals surface area contributed by atoms with Gasteiger partial charge in [0.25, 0.3) is 10.0 Å². The van der Waals surface area contributed by atoms with E-state index in [4.69, 9.17) is 0 Å². The minimum Gasteiger partial charge on any atom is -0.274 e. The summed E-state index contributed by atoms with van der Waals surface area (Å²) in [6, 6.07) is 16.6. The van der Waals surface area contributed by atoms with Crippen LogP contribution in [0.5, 0.6) is 0 Å². The van der Waals surface area contributed by atoms with Crippen molar-refractivity contribution >= 4 is 38.0 Å². The van der Waals surface area contributed by atoms with Crippen LogP contribution in [0.25, 0.3) is 10.8 Å². The van der Waals surface area contributed by atoms with Gasteiger partial charge in [-0.1, -0.05) is 48.5 Å². The number of nitrogens with one attached hydrogen (secondary N) is 1. The number of thiophene rings is 1. The zero-order valence-corrected chi connectivity index (χ0v) is 13.2. The maximum absolute atomic E-state index is 12.0. The number of amides is 1. The van der Waals surface area contributed by atoms with Crippen LogP contribution >= 0.6 is 11.3 Å². The Kier molecular flexibility index (Phi) is 3.96. The van der Waals surface area contributed by atoms with Crippen molar-refractivity contribution in [3.63, 3.8) is 0 Å². The molecule has 112 valence electrons. The third-order valence-electron chi connectivity index (χ3n) is 3.19. The van der Waals surface area contributed by atoms with Gasteiger partial charge in [-0.05, 0) is 27.8 Å². The molecule has 4 nitrogen and oxygen atoms in total. The molecule has 0 radical (unpaired) electrons. The lowest BCUT2D eigenvalue weighted by Crippen LogP contribution is -2.31. The van der Waals surface area contributed by atoms with Crippen molar-refractivity contribution < 1.29 is 13.2 Å². The fourth-order valence-corrected chi connectivity index (χ4v) is 4.16. The molecule has 0 bridgehead atoms. The Morgan fingerprint density at radius 1 is 1.00 bits per heavy atom. The second kappa shape index (κ2) is 5.90. The van der Waals surface area contributed by atoms with Gasteiger partial charge in [0.1, 0.15) is 4.21 Å². The minimum atomic E-state index is -3.76. The molecular formula is C16H13NO3S2. The molecule has 0 aliphatic rings. The minimum absolute atomic E-state index is 0.0233. The summed E-state index contributed by atoms with van der Waals surface area (Å²) < 4.78 is 26.2. The highest BCUT2D eigenvalue weighted by Crippen LogP contribution is 2.17. The number of fused-ring (bicyclic) bond motifs is 1. The van der Waals surface area contributed by atoms with E-state index in [1.54, 1.807) is 11.4 Å². The van der Waals surface area contributed by atoms with Gasteiger partial charge in [0.15, 0.2) is 0 Å². The Balaban J connectivity index is 1.76. The highest BCUT2D eigenvalue weighted by atomic mass is 32.2. The van der Waals surface area contributed by atoms with Gasteiger partial charge in [-0.15, -0.1) is 11.3 Å². The van der Waals surface area contributed by atoms with Crippen LogP contribution in [0.1, 0.15) is 5.56 Å². The van der Waals surface area contributed by atoms with Crippen molar-refractivity contribution in [1.82, 2.24) is 4.72 Å². The van der Waals surface area contributed by atoms with Gasteiger partial charge in [-0.25, -0.2) is 13.1 Å². The topological polar surface area (TPSA) is 63.2 Å². The largest absolute Gasteiger partial charge is 0.274 e. The zero-order chi connectivity index (χ0) is 15.6. The Bertz CT molecular complexity index is 915. The number of sulfonamides is 1. The van der Waals surface area contributed by atoms with Crippen LogP contribution in [-0.2, 0) is 21.2 Å². The first kappa shape index (κ1) is 14.7. The first-order valence-electron chi connectivity index (χ1n) is 6.61. The van der Waals surface area contributed by atoms with Crippen LogP contribution in [0, 0.1) is 0 Å². The quantitative estimate of drug-likeness (QED) is 0.799. The second-order valence-corrected chi connectivity index (χ2v) is 7.68. The molecule has 1 N–H and O–H groups in total. The summed E-state index contributed by atoms with van der Waals surface area (Å²) in [7, 11) is -3.76. The van der Waals surface area contributed by atoms with Crippen LogP contribution in [0.3, 0.4) is 0 Å². The van der Waals surface area contributed by atoms with Gasteiger partial charge in [0.2, 0.25) is 5.91 Å². The maximum atomic E-state index is 12.0. The molecule has 1 amide bonds. The summed E-state index contributed by atoms with van der Waals surface area (Å²) in [6.45, 7) is 0. The van der Waals surface area contributed by atoms with Gasteiger partial charge in [-0.2, -0.15) is 0 Å². The van der Waals surface area contributed by atoms with E-state index in [9.17, 15) is 13.2 Å². The average molecular weight is 331 g/mol. The molecule has 0 aliphatic heterocycles. The third-order valence-corrected chi connectivity index (χ3v) is 5.96. The summed E-state index contributed by atoms with van der Waals surface area (Å²) in [6.07, 6.45) is 0.0233. The second-order valence-electron chi connectivity index (χ2n) is 4.82. The third kappa shape index (κ3) is 3.18. The average Bonchev–Trinajstić information content (AvgIpc) is 3.01. The van der Waals surface area contributed by atoms with Crippen molar-refractivity contribution in [3.8, 4) is 0 Å². The van der Waals surface area contributed by atoms with E-state index in [0.717, 1.165) is 27.7 Å². The highest BCUT2D eigenvalue weighted by molar-refractivity contribution is 7.92.